The van der Waals surface area contributed by atoms with E-state index in [9.17, 15) is 4.79 Å². The molecule has 6 heteroatoms. The highest BCUT2D eigenvalue weighted by atomic mass is 35.5. The maximum atomic E-state index is 12.3. The number of nitrogens with two attached hydrogens (primary N) is 1. The Hall–Kier alpha value is -0.970. The van der Waals surface area contributed by atoms with Gasteiger partial charge in [-0.1, -0.05) is 30.1 Å². The monoisotopic (exact) mass is 315 g/mol. The molecule has 0 radical (unpaired) electrons. The number of likely N-dealkylation sites (tertiary alicyclic amines) is 1. The Morgan fingerprint density at radius 3 is 2.80 bits per heavy atom. The molecule has 1 amide bonds. The van der Waals surface area contributed by atoms with E-state index in [0.29, 0.717) is 22.2 Å². The van der Waals surface area contributed by atoms with E-state index in [4.69, 9.17) is 28.9 Å². The Kier molecular flexibility index (Phi) is 4.78. The fourth-order valence-electron chi connectivity index (χ4n) is 2.59. The lowest BCUT2D eigenvalue weighted by atomic mass is 9.94. The number of carbonyl (C=O) groups is 1. The minimum Gasteiger partial charge on any atom is -0.399 e. The van der Waals surface area contributed by atoms with Gasteiger partial charge in [-0.05, 0) is 38.1 Å². The molecule has 2 rings (SSSR count). The van der Waals surface area contributed by atoms with Crippen molar-refractivity contribution >= 4 is 34.8 Å². The molecule has 2 atom stereocenters. The van der Waals surface area contributed by atoms with Crippen molar-refractivity contribution in [3.63, 3.8) is 0 Å². The minimum atomic E-state index is -0.217. The number of amides is 1. The first kappa shape index (κ1) is 15.4. The molecule has 1 fully saturated rings. The zero-order valence-electron chi connectivity index (χ0n) is 11.6. The van der Waals surface area contributed by atoms with Crippen molar-refractivity contribution in [2.75, 3.05) is 25.9 Å². The lowest BCUT2D eigenvalue weighted by Crippen LogP contribution is -2.48. The second-order valence-corrected chi connectivity index (χ2v) is 6.26. The van der Waals surface area contributed by atoms with E-state index in [1.54, 1.807) is 12.1 Å². The molecule has 4 nitrogen and oxygen atoms in total. The molecule has 1 aromatic rings. The first-order valence-corrected chi connectivity index (χ1v) is 7.38. The predicted molar refractivity (Wildman–Crippen MR) is 83.4 cm³/mol. The summed E-state index contributed by atoms with van der Waals surface area (Å²) >= 11 is 12.0. The number of piperidine rings is 1. The second-order valence-electron chi connectivity index (χ2n) is 5.47. The Bertz CT molecular complexity index is 521. The topological polar surface area (TPSA) is 58.4 Å². The van der Waals surface area contributed by atoms with Crippen molar-refractivity contribution < 1.29 is 4.79 Å². The summed E-state index contributed by atoms with van der Waals surface area (Å²) in [4.78, 5) is 14.6. The third kappa shape index (κ3) is 3.37. The highest BCUT2D eigenvalue weighted by molar-refractivity contribution is 6.44. The lowest BCUT2D eigenvalue weighted by molar-refractivity contribution is 0.0884. The second kappa shape index (κ2) is 6.20. The van der Waals surface area contributed by atoms with E-state index in [-0.39, 0.29) is 17.0 Å². The van der Waals surface area contributed by atoms with Crippen LogP contribution in [0.15, 0.2) is 12.1 Å². The van der Waals surface area contributed by atoms with Gasteiger partial charge >= 0.3 is 0 Å². The summed E-state index contributed by atoms with van der Waals surface area (Å²) in [5.74, 6) is 0.179. The number of benzene rings is 1. The number of nitrogen functional groups attached to an aromatic ring is 1. The molecule has 0 aliphatic carbocycles. The van der Waals surface area contributed by atoms with Crippen LogP contribution in [0, 0.1) is 5.92 Å². The first-order chi connectivity index (χ1) is 9.38. The fourth-order valence-corrected chi connectivity index (χ4v) is 3.01. The molecule has 110 valence electrons. The molecule has 0 saturated carbocycles. The van der Waals surface area contributed by atoms with Crippen molar-refractivity contribution in [1.82, 2.24) is 10.2 Å². The molecule has 1 aliphatic rings. The Balaban J connectivity index is 2.13. The maximum Gasteiger partial charge on any atom is 0.253 e. The molecule has 20 heavy (non-hydrogen) atoms. The first-order valence-electron chi connectivity index (χ1n) is 6.62. The fraction of sp³-hybridized carbons (Fsp3) is 0.500. The van der Waals surface area contributed by atoms with Gasteiger partial charge in [0.05, 0.1) is 15.6 Å². The smallest absolute Gasteiger partial charge is 0.253 e. The van der Waals surface area contributed by atoms with E-state index in [1.165, 1.54) is 0 Å². The van der Waals surface area contributed by atoms with E-state index in [0.717, 1.165) is 19.5 Å². The molecular weight excluding hydrogens is 297 g/mol. The molecule has 3 N–H and O–H groups in total. The van der Waals surface area contributed by atoms with Crippen molar-refractivity contribution in [3.8, 4) is 0 Å². The standard InChI is InChI=1S/C14H19Cl2N3O/c1-8-7-19(2)4-3-12(8)18-14(20)10-5-9(17)6-11(15)13(10)16/h5-6,8,12H,3-4,7,17H2,1-2H3,(H,18,20). The summed E-state index contributed by atoms with van der Waals surface area (Å²) in [6.07, 6.45) is 0.928. The Morgan fingerprint density at radius 1 is 1.45 bits per heavy atom. The summed E-state index contributed by atoms with van der Waals surface area (Å²) < 4.78 is 0. The van der Waals surface area contributed by atoms with Crippen molar-refractivity contribution in [1.29, 1.82) is 0 Å². The summed E-state index contributed by atoms with van der Waals surface area (Å²) in [7, 11) is 2.09. The van der Waals surface area contributed by atoms with E-state index in [2.05, 4.69) is 24.2 Å². The van der Waals surface area contributed by atoms with Gasteiger partial charge in [0.15, 0.2) is 0 Å². The average molecular weight is 316 g/mol. The number of hydrogen-bond acceptors (Lipinski definition) is 3. The molecular formula is C14H19Cl2N3O. The van der Waals surface area contributed by atoms with Crippen molar-refractivity contribution in [3.05, 3.63) is 27.7 Å². The number of nitrogens with one attached hydrogen (secondary N) is 1. The third-order valence-corrected chi connectivity index (χ3v) is 4.52. The zero-order valence-corrected chi connectivity index (χ0v) is 13.1. The largest absolute Gasteiger partial charge is 0.399 e. The van der Waals surface area contributed by atoms with Gasteiger partial charge < -0.3 is 16.0 Å². The number of nitrogens with zero attached hydrogens (tertiary/aromatic N) is 1. The van der Waals surface area contributed by atoms with Crippen LogP contribution in [0.2, 0.25) is 10.0 Å². The van der Waals surface area contributed by atoms with Crippen molar-refractivity contribution in [2.45, 2.75) is 19.4 Å². The van der Waals surface area contributed by atoms with Crippen molar-refractivity contribution in [2.24, 2.45) is 5.92 Å². The van der Waals surface area contributed by atoms with Gasteiger partial charge in [-0.15, -0.1) is 0 Å². The molecule has 0 spiro atoms. The van der Waals surface area contributed by atoms with Gasteiger partial charge in [-0.25, -0.2) is 0 Å². The van der Waals surface area contributed by atoms with Crippen LogP contribution in [-0.4, -0.2) is 37.0 Å². The highest BCUT2D eigenvalue weighted by Crippen LogP contribution is 2.29. The lowest BCUT2D eigenvalue weighted by Gasteiger charge is -2.35. The molecule has 2 unspecified atom stereocenters. The summed E-state index contributed by atoms with van der Waals surface area (Å²) in [6.45, 7) is 4.08. The third-order valence-electron chi connectivity index (χ3n) is 3.72. The molecule has 0 aromatic heterocycles. The van der Waals surface area contributed by atoms with Gasteiger partial charge in [-0.3, -0.25) is 4.79 Å². The van der Waals surface area contributed by atoms with Crippen LogP contribution in [0.1, 0.15) is 23.7 Å². The Morgan fingerprint density at radius 2 is 2.15 bits per heavy atom. The molecule has 1 heterocycles. The molecule has 1 aliphatic heterocycles. The van der Waals surface area contributed by atoms with Crippen LogP contribution in [-0.2, 0) is 0 Å². The highest BCUT2D eigenvalue weighted by Gasteiger charge is 2.26. The van der Waals surface area contributed by atoms with Gasteiger partial charge in [0.2, 0.25) is 0 Å². The number of hydrogen-bond donors (Lipinski definition) is 2. The van der Waals surface area contributed by atoms with Crippen LogP contribution in [0.5, 0.6) is 0 Å². The van der Waals surface area contributed by atoms with Gasteiger partial charge in [0, 0.05) is 18.3 Å². The van der Waals surface area contributed by atoms with Gasteiger partial charge in [0.25, 0.3) is 5.91 Å². The predicted octanol–water partition coefficient (Wildman–Crippen LogP) is 2.65. The molecule has 0 bridgehead atoms. The number of carbonyl (C=O) groups excluding carboxylic acids is 1. The van der Waals surface area contributed by atoms with E-state index in [1.807, 2.05) is 0 Å². The number of halogens is 2. The van der Waals surface area contributed by atoms with E-state index >= 15 is 0 Å². The number of rotatable bonds is 2. The zero-order chi connectivity index (χ0) is 14.9. The van der Waals surface area contributed by atoms with Crippen LogP contribution in [0.3, 0.4) is 0 Å². The SMILES string of the molecule is CC1CN(C)CCC1NC(=O)c1cc(N)cc(Cl)c1Cl. The average Bonchev–Trinajstić information content (AvgIpc) is 2.37. The van der Waals surface area contributed by atoms with Crippen LogP contribution >= 0.6 is 23.2 Å². The van der Waals surface area contributed by atoms with Gasteiger partial charge in [0.1, 0.15) is 0 Å². The van der Waals surface area contributed by atoms with E-state index < -0.39 is 0 Å². The minimum absolute atomic E-state index is 0.148. The normalized spacial score (nSPS) is 23.6. The Labute approximate surface area is 129 Å². The maximum absolute atomic E-state index is 12.3. The van der Waals surface area contributed by atoms with Gasteiger partial charge in [-0.2, -0.15) is 0 Å². The van der Waals surface area contributed by atoms with Crippen LogP contribution in [0.25, 0.3) is 0 Å². The summed E-state index contributed by atoms with van der Waals surface area (Å²) in [5, 5.41) is 3.58. The quantitative estimate of drug-likeness (QED) is 0.825. The summed E-state index contributed by atoms with van der Waals surface area (Å²) in [6, 6.07) is 3.25. The molecule has 1 saturated heterocycles. The van der Waals surface area contributed by atoms with Crippen LogP contribution in [0.4, 0.5) is 5.69 Å². The summed E-state index contributed by atoms with van der Waals surface area (Å²) in [5.41, 5.74) is 6.48. The molecule has 1 aromatic carbocycles. The number of anilines is 1. The van der Waals surface area contributed by atoms with Crippen LogP contribution < -0.4 is 11.1 Å².